The van der Waals surface area contributed by atoms with Gasteiger partial charge >= 0.3 is 0 Å². The lowest BCUT2D eigenvalue weighted by atomic mass is 9.81. The molecule has 1 saturated carbocycles. The quantitative estimate of drug-likeness (QED) is 0.600. The third-order valence-corrected chi connectivity index (χ3v) is 5.63. The fourth-order valence-corrected chi connectivity index (χ4v) is 4.08. The Morgan fingerprint density at radius 3 is 2.44 bits per heavy atom. The second-order valence-electron chi connectivity index (χ2n) is 7.30. The van der Waals surface area contributed by atoms with E-state index in [1.807, 2.05) is 0 Å². The van der Waals surface area contributed by atoms with Crippen LogP contribution in [-0.2, 0) is 0 Å². The number of halogens is 1. The number of aryl methyl sites for hydroxylation is 1. The van der Waals surface area contributed by atoms with Gasteiger partial charge in [0, 0.05) is 12.1 Å². The minimum atomic E-state index is 0. The van der Waals surface area contributed by atoms with Gasteiger partial charge < -0.3 is 0 Å². The number of hydrogen-bond acceptors (Lipinski definition) is 1. The smallest absolute Gasteiger partial charge is 0.0674 e. The predicted molar refractivity (Wildman–Crippen MR) is 106 cm³/mol. The SMILES string of the molecule is C=C(c1ccc2c(c1)N=CC2c1ccc(C)cc1)C1CCCCC1.F. The first-order valence-corrected chi connectivity index (χ1v) is 9.16. The maximum Gasteiger partial charge on any atom is 0.0674 e. The van der Waals surface area contributed by atoms with Crippen molar-refractivity contribution in [2.45, 2.75) is 44.9 Å². The Labute approximate surface area is 149 Å². The van der Waals surface area contributed by atoms with Gasteiger partial charge in [0.1, 0.15) is 0 Å². The van der Waals surface area contributed by atoms with Gasteiger partial charge in [-0.1, -0.05) is 67.8 Å². The van der Waals surface area contributed by atoms with E-state index in [-0.39, 0.29) is 10.6 Å². The minimum Gasteiger partial charge on any atom is -0.269 e. The molecule has 4 rings (SSSR count). The first-order valence-electron chi connectivity index (χ1n) is 9.16. The summed E-state index contributed by atoms with van der Waals surface area (Å²) in [6.45, 7) is 6.54. The molecule has 0 spiro atoms. The zero-order chi connectivity index (χ0) is 16.5. The van der Waals surface area contributed by atoms with Gasteiger partial charge in [-0.25, -0.2) is 0 Å². The lowest BCUT2D eigenvalue weighted by Gasteiger charge is -2.24. The van der Waals surface area contributed by atoms with Gasteiger partial charge in [-0.05, 0) is 54.0 Å². The maximum atomic E-state index is 4.70. The second kappa shape index (κ2) is 7.35. The van der Waals surface area contributed by atoms with Crippen molar-refractivity contribution in [2.24, 2.45) is 10.9 Å². The van der Waals surface area contributed by atoms with Crippen molar-refractivity contribution in [3.63, 3.8) is 0 Å². The molecular formula is C23H26FN. The van der Waals surface area contributed by atoms with Gasteiger partial charge in [0.2, 0.25) is 0 Å². The molecule has 1 aliphatic heterocycles. The Balaban J connectivity index is 0.00000182. The third kappa shape index (κ3) is 3.44. The van der Waals surface area contributed by atoms with Gasteiger partial charge in [-0.3, -0.25) is 9.70 Å². The van der Waals surface area contributed by atoms with Gasteiger partial charge in [-0.2, -0.15) is 0 Å². The van der Waals surface area contributed by atoms with Crippen molar-refractivity contribution in [1.29, 1.82) is 0 Å². The molecule has 0 N–H and O–H groups in total. The average molecular weight is 335 g/mol. The average Bonchev–Trinajstić information content (AvgIpc) is 3.05. The van der Waals surface area contributed by atoms with Crippen LogP contribution in [0.2, 0.25) is 0 Å². The highest BCUT2D eigenvalue weighted by Crippen LogP contribution is 2.40. The van der Waals surface area contributed by atoms with E-state index in [4.69, 9.17) is 4.99 Å². The molecule has 1 atom stereocenters. The molecule has 1 nitrogen and oxygen atoms in total. The fraction of sp³-hybridized carbons (Fsp3) is 0.348. The molecule has 0 aromatic heterocycles. The summed E-state index contributed by atoms with van der Waals surface area (Å²) in [7, 11) is 0. The van der Waals surface area contributed by atoms with Crippen LogP contribution < -0.4 is 0 Å². The molecule has 0 saturated heterocycles. The highest BCUT2D eigenvalue weighted by molar-refractivity contribution is 5.85. The van der Waals surface area contributed by atoms with Crippen LogP contribution in [0, 0.1) is 12.8 Å². The highest BCUT2D eigenvalue weighted by atomic mass is 19.0. The van der Waals surface area contributed by atoms with Crippen molar-refractivity contribution in [1.82, 2.24) is 0 Å². The van der Waals surface area contributed by atoms with Crippen molar-refractivity contribution in [2.75, 3.05) is 0 Å². The van der Waals surface area contributed by atoms with Crippen molar-refractivity contribution >= 4 is 17.5 Å². The van der Waals surface area contributed by atoms with Crippen LogP contribution in [0.4, 0.5) is 10.4 Å². The summed E-state index contributed by atoms with van der Waals surface area (Å²) >= 11 is 0. The summed E-state index contributed by atoms with van der Waals surface area (Å²) in [6.07, 6.45) is 8.76. The van der Waals surface area contributed by atoms with Crippen LogP contribution in [0.25, 0.3) is 5.57 Å². The molecule has 2 aromatic carbocycles. The molecule has 2 heteroatoms. The number of nitrogens with zero attached hydrogens (tertiary/aromatic N) is 1. The first kappa shape index (κ1) is 17.6. The molecule has 2 aliphatic rings. The summed E-state index contributed by atoms with van der Waals surface area (Å²) in [5.74, 6) is 0.952. The number of aliphatic imine (C=N–C) groups is 1. The van der Waals surface area contributed by atoms with E-state index in [9.17, 15) is 0 Å². The van der Waals surface area contributed by atoms with Crippen molar-refractivity contribution in [3.8, 4) is 0 Å². The topological polar surface area (TPSA) is 12.4 Å². The van der Waals surface area contributed by atoms with Crippen LogP contribution >= 0.6 is 0 Å². The molecular weight excluding hydrogens is 309 g/mol. The van der Waals surface area contributed by atoms with E-state index >= 15 is 0 Å². The lowest BCUT2D eigenvalue weighted by Crippen LogP contribution is -2.08. The number of rotatable bonds is 3. The zero-order valence-electron chi connectivity index (χ0n) is 14.9. The summed E-state index contributed by atoms with van der Waals surface area (Å²) in [5, 5.41) is 0. The Hall–Kier alpha value is -2.22. The molecule has 1 aliphatic carbocycles. The van der Waals surface area contributed by atoms with Crippen LogP contribution in [0.5, 0.6) is 0 Å². The maximum absolute atomic E-state index is 4.70. The number of fused-ring (bicyclic) bond motifs is 1. The summed E-state index contributed by atoms with van der Waals surface area (Å²) < 4.78 is 0. The monoisotopic (exact) mass is 335 g/mol. The summed E-state index contributed by atoms with van der Waals surface area (Å²) in [5.41, 5.74) is 7.65. The molecule has 25 heavy (non-hydrogen) atoms. The van der Waals surface area contributed by atoms with E-state index < -0.39 is 0 Å². The molecule has 0 bridgehead atoms. The second-order valence-corrected chi connectivity index (χ2v) is 7.30. The van der Waals surface area contributed by atoms with Gasteiger partial charge in [0.15, 0.2) is 0 Å². The lowest BCUT2D eigenvalue weighted by molar-refractivity contribution is 0.430. The fourth-order valence-electron chi connectivity index (χ4n) is 4.08. The Bertz CT molecular complexity index is 782. The van der Waals surface area contributed by atoms with Gasteiger partial charge in [0.25, 0.3) is 0 Å². The minimum absolute atomic E-state index is 0. The molecule has 0 amide bonds. The normalized spacial score (nSPS) is 19.3. The van der Waals surface area contributed by atoms with Crippen molar-refractivity contribution < 1.29 is 4.70 Å². The van der Waals surface area contributed by atoms with E-state index in [1.54, 1.807) is 0 Å². The van der Waals surface area contributed by atoms with E-state index in [2.05, 4.69) is 62.2 Å². The van der Waals surface area contributed by atoms with Crippen molar-refractivity contribution in [3.05, 3.63) is 71.3 Å². The Kier molecular flexibility index (Phi) is 5.17. The molecule has 2 aromatic rings. The van der Waals surface area contributed by atoms with Gasteiger partial charge in [0.05, 0.1) is 5.69 Å². The first-order chi connectivity index (χ1) is 11.7. The Morgan fingerprint density at radius 2 is 1.72 bits per heavy atom. The van der Waals surface area contributed by atoms with Gasteiger partial charge in [-0.15, -0.1) is 0 Å². The zero-order valence-corrected chi connectivity index (χ0v) is 14.9. The largest absolute Gasteiger partial charge is 0.269 e. The van der Waals surface area contributed by atoms with E-state index in [0.29, 0.717) is 5.92 Å². The number of allylic oxidation sites excluding steroid dienone is 1. The number of benzene rings is 2. The molecule has 1 fully saturated rings. The summed E-state index contributed by atoms with van der Waals surface area (Å²) in [4.78, 5) is 4.70. The molecule has 1 unspecified atom stereocenters. The van der Waals surface area contributed by atoms with Crippen LogP contribution in [0.15, 0.2) is 54.0 Å². The molecule has 130 valence electrons. The highest BCUT2D eigenvalue weighted by Gasteiger charge is 2.23. The number of hydrogen-bond donors (Lipinski definition) is 0. The van der Waals surface area contributed by atoms with Crippen LogP contribution in [0.1, 0.15) is 60.3 Å². The molecule has 1 heterocycles. The van der Waals surface area contributed by atoms with Crippen LogP contribution in [-0.4, -0.2) is 6.21 Å². The van der Waals surface area contributed by atoms with E-state index in [1.165, 1.54) is 59.9 Å². The third-order valence-electron chi connectivity index (χ3n) is 5.63. The standard InChI is InChI=1S/C23H25N.FH/c1-16-8-10-19(11-9-16)22-15-24-23-14-20(12-13-21(22)23)17(2)18-6-4-3-5-7-18;/h8-15,18,22H,2-7H2,1H3;1H. The predicted octanol–water partition coefficient (Wildman–Crippen LogP) is 6.59. The Morgan fingerprint density at radius 1 is 1.00 bits per heavy atom. The molecule has 0 radical (unpaired) electrons. The summed E-state index contributed by atoms with van der Waals surface area (Å²) in [6, 6.07) is 15.6. The van der Waals surface area contributed by atoms with Crippen LogP contribution in [0.3, 0.4) is 0 Å². The van der Waals surface area contributed by atoms with E-state index in [0.717, 1.165) is 5.69 Å².